The molecule has 0 saturated heterocycles. The van der Waals surface area contributed by atoms with E-state index in [0.717, 1.165) is 17.3 Å². The minimum atomic E-state index is -0.0382. The lowest BCUT2D eigenvalue weighted by Crippen LogP contribution is -2.18. The Kier molecular flexibility index (Phi) is 1.91. The molecule has 0 atom stereocenters. The largest absolute Gasteiger partial charge is 0.321 e. The van der Waals surface area contributed by atoms with E-state index in [0.29, 0.717) is 0 Å². The molecule has 2 N–H and O–H groups in total. The van der Waals surface area contributed by atoms with Gasteiger partial charge in [-0.15, -0.1) is 0 Å². The first-order valence-electron chi connectivity index (χ1n) is 5.17. The predicted octanol–water partition coefficient (Wildman–Crippen LogP) is 3.55. The summed E-state index contributed by atoms with van der Waals surface area (Å²) in [6, 6.07) is 12.8. The molecule has 15 heavy (non-hydrogen) atoms. The molecule has 0 aromatic heterocycles. The maximum Gasteiger partial charge on any atom is 0.0411 e. The molecule has 1 aliphatic rings. The minimum Gasteiger partial charge on any atom is -0.321 e. The Morgan fingerprint density at radius 2 is 1.93 bits per heavy atom. The van der Waals surface area contributed by atoms with E-state index in [1.54, 1.807) is 0 Å². The highest BCUT2D eigenvalue weighted by atomic mass is 79.9. The van der Waals surface area contributed by atoms with Crippen LogP contribution in [0.25, 0.3) is 10.8 Å². The average Bonchev–Trinajstić information content (AvgIpc) is 2.98. The monoisotopic (exact) mass is 261 g/mol. The van der Waals surface area contributed by atoms with Gasteiger partial charge in [0.15, 0.2) is 0 Å². The van der Waals surface area contributed by atoms with Crippen LogP contribution < -0.4 is 5.73 Å². The Balaban J connectivity index is 2.25. The van der Waals surface area contributed by atoms with E-state index in [4.69, 9.17) is 5.73 Å². The van der Waals surface area contributed by atoms with E-state index in [1.807, 2.05) is 0 Å². The van der Waals surface area contributed by atoms with Crippen LogP contribution in [0.5, 0.6) is 0 Å². The molecule has 0 amide bonds. The van der Waals surface area contributed by atoms with E-state index in [1.165, 1.54) is 16.3 Å². The van der Waals surface area contributed by atoms with Gasteiger partial charge in [0.25, 0.3) is 0 Å². The molecule has 2 aromatic carbocycles. The highest BCUT2D eigenvalue weighted by molar-refractivity contribution is 9.10. The summed E-state index contributed by atoms with van der Waals surface area (Å²) in [7, 11) is 0. The zero-order valence-corrected chi connectivity index (χ0v) is 9.92. The summed E-state index contributed by atoms with van der Waals surface area (Å²) < 4.78 is 1.14. The fourth-order valence-electron chi connectivity index (χ4n) is 1.97. The Hall–Kier alpha value is -0.860. The number of rotatable bonds is 1. The van der Waals surface area contributed by atoms with Crippen LogP contribution >= 0.6 is 15.9 Å². The van der Waals surface area contributed by atoms with Gasteiger partial charge in [-0.1, -0.05) is 40.2 Å². The second-order valence-corrected chi connectivity index (χ2v) is 5.19. The van der Waals surface area contributed by atoms with Gasteiger partial charge >= 0.3 is 0 Å². The van der Waals surface area contributed by atoms with Crippen molar-refractivity contribution in [1.82, 2.24) is 0 Å². The molecule has 1 nitrogen and oxygen atoms in total. The normalized spacial score (nSPS) is 18.0. The van der Waals surface area contributed by atoms with Gasteiger partial charge < -0.3 is 5.73 Å². The third kappa shape index (κ3) is 1.48. The number of halogens is 1. The first-order chi connectivity index (χ1) is 7.19. The third-order valence-electron chi connectivity index (χ3n) is 3.19. The molecule has 1 aliphatic carbocycles. The summed E-state index contributed by atoms with van der Waals surface area (Å²) >= 11 is 3.58. The van der Waals surface area contributed by atoms with Crippen molar-refractivity contribution in [3.63, 3.8) is 0 Å². The predicted molar refractivity (Wildman–Crippen MR) is 66.7 cm³/mol. The van der Waals surface area contributed by atoms with Crippen molar-refractivity contribution in [3.8, 4) is 0 Å². The van der Waals surface area contributed by atoms with Crippen LogP contribution in [0.15, 0.2) is 40.9 Å². The number of hydrogen-bond donors (Lipinski definition) is 1. The molecular weight excluding hydrogens is 250 g/mol. The van der Waals surface area contributed by atoms with Crippen LogP contribution in [0.4, 0.5) is 0 Å². The van der Waals surface area contributed by atoms with Gasteiger partial charge in [-0.3, -0.25) is 0 Å². The molecule has 0 unspecified atom stereocenters. The highest BCUT2D eigenvalue weighted by Gasteiger charge is 2.39. The standard InChI is InChI=1S/C13H12BrN/c14-12-3-1-2-9-4-5-10(8-11(9)12)13(15)6-7-13/h1-5,8H,6-7,15H2. The van der Waals surface area contributed by atoms with Crippen molar-refractivity contribution in [3.05, 3.63) is 46.4 Å². The summed E-state index contributed by atoms with van der Waals surface area (Å²) in [6.45, 7) is 0. The van der Waals surface area contributed by atoms with Crippen molar-refractivity contribution in [2.45, 2.75) is 18.4 Å². The molecule has 76 valence electrons. The van der Waals surface area contributed by atoms with Crippen molar-refractivity contribution in [2.75, 3.05) is 0 Å². The zero-order valence-electron chi connectivity index (χ0n) is 8.33. The molecule has 0 bridgehead atoms. The van der Waals surface area contributed by atoms with Gasteiger partial charge in [0.05, 0.1) is 0 Å². The van der Waals surface area contributed by atoms with Gasteiger partial charge in [-0.25, -0.2) is 0 Å². The lowest BCUT2D eigenvalue weighted by molar-refractivity contribution is 0.741. The Bertz CT molecular complexity index is 529. The zero-order chi connectivity index (χ0) is 10.5. The van der Waals surface area contributed by atoms with Crippen LogP contribution in [-0.4, -0.2) is 0 Å². The Morgan fingerprint density at radius 3 is 2.67 bits per heavy atom. The SMILES string of the molecule is NC1(c2ccc3cccc(Br)c3c2)CC1. The van der Waals surface area contributed by atoms with Gasteiger partial charge in [0.1, 0.15) is 0 Å². The van der Waals surface area contributed by atoms with Gasteiger partial charge in [-0.05, 0) is 41.3 Å². The average molecular weight is 262 g/mol. The summed E-state index contributed by atoms with van der Waals surface area (Å²) in [6.07, 6.45) is 2.23. The van der Waals surface area contributed by atoms with Gasteiger partial charge in [-0.2, -0.15) is 0 Å². The van der Waals surface area contributed by atoms with Crippen LogP contribution in [0.2, 0.25) is 0 Å². The molecule has 1 fully saturated rings. The van der Waals surface area contributed by atoms with Crippen LogP contribution in [0.3, 0.4) is 0 Å². The van der Waals surface area contributed by atoms with Gasteiger partial charge in [0.2, 0.25) is 0 Å². The first kappa shape index (κ1) is 9.37. The number of benzene rings is 2. The Labute approximate surface area is 97.4 Å². The molecule has 0 heterocycles. The summed E-state index contributed by atoms with van der Waals surface area (Å²) in [4.78, 5) is 0. The molecule has 0 spiro atoms. The van der Waals surface area contributed by atoms with E-state index < -0.39 is 0 Å². The quantitative estimate of drug-likeness (QED) is 0.835. The highest BCUT2D eigenvalue weighted by Crippen LogP contribution is 2.43. The summed E-state index contributed by atoms with van der Waals surface area (Å²) in [5, 5.41) is 2.52. The van der Waals surface area contributed by atoms with Gasteiger partial charge in [0, 0.05) is 10.0 Å². The fraction of sp³-hybridized carbons (Fsp3) is 0.231. The molecule has 0 radical (unpaired) electrons. The first-order valence-corrected chi connectivity index (χ1v) is 5.96. The minimum absolute atomic E-state index is 0.0382. The lowest BCUT2D eigenvalue weighted by atomic mass is 10.0. The van der Waals surface area contributed by atoms with Crippen LogP contribution in [0, 0.1) is 0 Å². The van der Waals surface area contributed by atoms with Crippen molar-refractivity contribution < 1.29 is 0 Å². The fourth-order valence-corrected chi connectivity index (χ4v) is 2.46. The molecule has 2 aromatic rings. The number of nitrogens with two attached hydrogens (primary N) is 1. The molecule has 3 rings (SSSR count). The van der Waals surface area contributed by atoms with E-state index in [9.17, 15) is 0 Å². The molecular formula is C13H12BrN. The van der Waals surface area contributed by atoms with Crippen molar-refractivity contribution in [2.24, 2.45) is 5.73 Å². The van der Waals surface area contributed by atoms with Crippen LogP contribution in [-0.2, 0) is 5.54 Å². The molecule has 0 aliphatic heterocycles. The smallest absolute Gasteiger partial charge is 0.0411 e. The summed E-state index contributed by atoms with van der Waals surface area (Å²) in [5.41, 5.74) is 7.42. The Morgan fingerprint density at radius 1 is 1.13 bits per heavy atom. The van der Waals surface area contributed by atoms with E-state index in [2.05, 4.69) is 52.3 Å². The molecule has 1 saturated carbocycles. The van der Waals surface area contributed by atoms with Crippen molar-refractivity contribution in [1.29, 1.82) is 0 Å². The number of fused-ring (bicyclic) bond motifs is 1. The second kappa shape index (κ2) is 3.06. The maximum absolute atomic E-state index is 6.19. The topological polar surface area (TPSA) is 26.0 Å². The van der Waals surface area contributed by atoms with Crippen molar-refractivity contribution >= 4 is 26.7 Å². The third-order valence-corrected chi connectivity index (χ3v) is 3.88. The van der Waals surface area contributed by atoms with E-state index in [-0.39, 0.29) is 5.54 Å². The molecule has 2 heteroatoms. The van der Waals surface area contributed by atoms with Crippen LogP contribution in [0.1, 0.15) is 18.4 Å². The summed E-state index contributed by atoms with van der Waals surface area (Å²) in [5.74, 6) is 0. The lowest BCUT2D eigenvalue weighted by Gasteiger charge is -2.10. The van der Waals surface area contributed by atoms with E-state index >= 15 is 0 Å². The number of hydrogen-bond acceptors (Lipinski definition) is 1. The maximum atomic E-state index is 6.19. The second-order valence-electron chi connectivity index (χ2n) is 4.33.